The van der Waals surface area contributed by atoms with Crippen molar-refractivity contribution >= 4 is 0 Å². The summed E-state index contributed by atoms with van der Waals surface area (Å²) in [4.78, 5) is 0. The molecule has 11 N–H and O–H groups in total. The van der Waals surface area contributed by atoms with E-state index in [4.69, 9.17) is 28.4 Å². The predicted molar refractivity (Wildman–Crippen MR) is 336 cm³/mol. The van der Waals surface area contributed by atoms with Crippen LogP contribution in [0.15, 0.2) is 34.9 Å². The Kier molecular flexibility index (Phi) is 37.5. The normalized spacial score (nSPS) is 31.3. The summed E-state index contributed by atoms with van der Waals surface area (Å²) in [5, 5.41) is 113. The van der Waals surface area contributed by atoms with E-state index in [-0.39, 0.29) is 91.9 Å². The van der Waals surface area contributed by atoms with Crippen molar-refractivity contribution in [1.82, 2.24) is 0 Å². The molecular weight excluding hydrogens is 1100 g/mol. The van der Waals surface area contributed by atoms with Crippen molar-refractivity contribution in [2.24, 2.45) is 0 Å². The average molecular weight is 1230 g/mol. The van der Waals surface area contributed by atoms with Crippen LogP contribution >= 0.6 is 0 Å². The van der Waals surface area contributed by atoms with Gasteiger partial charge in [0.05, 0.1) is 140 Å². The van der Waals surface area contributed by atoms with Crippen LogP contribution in [0.1, 0.15) is 261 Å². The highest BCUT2D eigenvalue weighted by Gasteiger charge is 2.37. The zero-order valence-electron chi connectivity index (χ0n) is 54.8. The summed E-state index contributed by atoms with van der Waals surface area (Å²) in [6.45, 7) is 18.4. The van der Waals surface area contributed by atoms with Gasteiger partial charge in [-0.15, -0.1) is 0 Å². The molecule has 0 aromatic heterocycles. The molecule has 17 nitrogen and oxygen atoms in total. The molecule has 17 heteroatoms. The van der Waals surface area contributed by atoms with Crippen molar-refractivity contribution in [3.63, 3.8) is 0 Å². The number of aliphatic hydroxyl groups is 11. The lowest BCUT2D eigenvalue weighted by molar-refractivity contribution is -0.0806. The summed E-state index contributed by atoms with van der Waals surface area (Å²) in [7, 11) is 0. The SMILES string of the molecule is CCCCC[C@@H](O)[C@H]1CC[C@H]([C@H](O)CC[C@H](O)CCCC2=C[C@H](C)O[C@@H]2C)O1.CCCCC[C@@H](O)[C@H]1CC[C@H]([C@H](O)CC[C@H](O)C[C@@H](O)CC2=C[C@H](C)O[C@@H]2C)O1.CCC[C@@H](O)[C@H](O)CC[C@H](O)[C@@H]1CC[C@@H](CCC[C@@H](O)CC2=C[C@H](C)O[C@@H]2C)O1. The molecule has 0 aliphatic carbocycles. The van der Waals surface area contributed by atoms with Crippen LogP contribution in [0.4, 0.5) is 0 Å². The first-order chi connectivity index (χ1) is 41.0. The first kappa shape index (κ1) is 77.0. The minimum absolute atomic E-state index is 0.0170. The summed E-state index contributed by atoms with van der Waals surface area (Å²) in [6, 6.07) is 0. The lowest BCUT2D eigenvalue weighted by Gasteiger charge is -2.23. The molecule has 0 aromatic carbocycles. The van der Waals surface area contributed by atoms with Crippen LogP contribution in [-0.2, 0) is 28.4 Å². The van der Waals surface area contributed by atoms with Gasteiger partial charge in [-0.1, -0.05) is 83.9 Å². The Morgan fingerprint density at radius 3 is 1.20 bits per heavy atom. The smallest absolute Gasteiger partial charge is 0.0840 e. The van der Waals surface area contributed by atoms with Gasteiger partial charge in [0.1, 0.15) is 0 Å². The van der Waals surface area contributed by atoms with Crippen LogP contribution in [0.5, 0.6) is 0 Å². The van der Waals surface area contributed by atoms with Crippen molar-refractivity contribution in [2.45, 2.75) is 402 Å². The molecule has 86 heavy (non-hydrogen) atoms. The van der Waals surface area contributed by atoms with Gasteiger partial charge in [0.25, 0.3) is 0 Å². The summed E-state index contributed by atoms with van der Waals surface area (Å²) in [6.07, 6.45) is 23.7. The van der Waals surface area contributed by atoms with Crippen LogP contribution in [0.3, 0.4) is 0 Å². The molecule has 23 atom stereocenters. The standard InChI is InChI=1S/2C23H42O6.C23H42O5/c1-4-6-20(25)21(26)10-11-22(27)23-12-9-19(29-23)8-5-7-18(24)14-17-13-15(2)28-16(17)3;1-4-5-6-7-20(26)22-10-11-23(29-22)21(27)9-8-18(24)14-19(25)13-17-12-15(2)28-16(17)3;1-4-5-6-10-20(25)22-13-14-23(28-22)21(26)12-11-19(24)9-7-8-18-15-16(2)27-17(18)3/h13,15-16,18-27H,4-12,14H2,1-3H3;12,15-16,18-27H,4-11,13-14H2,1-3H3;15-17,19-26H,4-14H2,1-3H3/t15-,16+,18+,19+,20+,21+,22-,23-;15-,16+,18-,19-,20+,21+,22+,23+;16-,17+,19+,20+,21+,22+,23+/m000/s1. The van der Waals surface area contributed by atoms with Gasteiger partial charge in [0.15, 0.2) is 0 Å². The second kappa shape index (κ2) is 41.9. The Hall–Kier alpha value is -1.46. The highest BCUT2D eigenvalue weighted by molar-refractivity contribution is 5.17. The molecule has 6 aliphatic heterocycles. The maximum absolute atomic E-state index is 10.4. The van der Waals surface area contributed by atoms with Crippen LogP contribution in [0.2, 0.25) is 0 Å². The van der Waals surface area contributed by atoms with E-state index in [2.05, 4.69) is 39.8 Å². The fraction of sp³-hybridized carbons (Fsp3) is 0.913. The maximum Gasteiger partial charge on any atom is 0.0840 e. The molecule has 0 aromatic rings. The third kappa shape index (κ3) is 29.0. The third-order valence-electron chi connectivity index (χ3n) is 18.8. The molecule has 3 fully saturated rings. The fourth-order valence-electron chi connectivity index (χ4n) is 13.5. The van der Waals surface area contributed by atoms with E-state index >= 15 is 0 Å². The Labute approximate surface area is 519 Å². The van der Waals surface area contributed by atoms with E-state index in [1.165, 1.54) is 11.1 Å². The molecular formula is C69H126O17. The Bertz CT molecular complexity index is 1870. The highest BCUT2D eigenvalue weighted by atomic mass is 16.5. The van der Waals surface area contributed by atoms with Gasteiger partial charge in [-0.3, -0.25) is 0 Å². The van der Waals surface area contributed by atoms with Crippen molar-refractivity contribution in [3.05, 3.63) is 34.9 Å². The molecule has 6 rings (SSSR count). The minimum atomic E-state index is -0.783. The van der Waals surface area contributed by atoms with E-state index < -0.39 is 54.9 Å². The van der Waals surface area contributed by atoms with Gasteiger partial charge in [-0.25, -0.2) is 0 Å². The molecule has 0 bridgehead atoms. The van der Waals surface area contributed by atoms with Crippen LogP contribution < -0.4 is 0 Å². The molecule has 3 saturated heterocycles. The number of unbranched alkanes of at least 4 members (excludes halogenated alkanes) is 4. The number of hydrogen-bond donors (Lipinski definition) is 11. The van der Waals surface area contributed by atoms with E-state index in [0.717, 1.165) is 140 Å². The minimum Gasteiger partial charge on any atom is -0.393 e. The zero-order valence-corrected chi connectivity index (χ0v) is 54.8. The van der Waals surface area contributed by atoms with Crippen LogP contribution in [-0.4, -0.2) is 197 Å². The Morgan fingerprint density at radius 1 is 0.349 bits per heavy atom. The summed E-state index contributed by atoms with van der Waals surface area (Å²) < 4.78 is 34.8. The first-order valence-corrected chi connectivity index (χ1v) is 34.5. The van der Waals surface area contributed by atoms with Crippen molar-refractivity contribution in [2.75, 3.05) is 0 Å². The second-order valence-corrected chi connectivity index (χ2v) is 26.7. The average Bonchev–Trinajstić information content (AvgIpc) is 4.56. The molecule has 0 amide bonds. The Balaban J connectivity index is 0.000000276. The number of aliphatic hydroxyl groups excluding tert-OH is 11. The van der Waals surface area contributed by atoms with E-state index in [9.17, 15) is 56.2 Å². The van der Waals surface area contributed by atoms with Gasteiger partial charge < -0.3 is 84.6 Å². The number of hydrogen-bond acceptors (Lipinski definition) is 17. The number of rotatable bonds is 39. The maximum atomic E-state index is 10.4. The zero-order chi connectivity index (χ0) is 63.3. The number of ether oxygens (including phenoxy) is 6. The van der Waals surface area contributed by atoms with Gasteiger partial charge >= 0.3 is 0 Å². The Morgan fingerprint density at radius 2 is 0.744 bits per heavy atom. The summed E-state index contributed by atoms with van der Waals surface area (Å²) in [5.41, 5.74) is 3.61. The summed E-state index contributed by atoms with van der Waals surface area (Å²) in [5.74, 6) is 0. The van der Waals surface area contributed by atoms with E-state index in [1.807, 2.05) is 40.7 Å². The fourth-order valence-corrected chi connectivity index (χ4v) is 13.5. The van der Waals surface area contributed by atoms with Gasteiger partial charge in [0.2, 0.25) is 0 Å². The van der Waals surface area contributed by atoms with Crippen molar-refractivity contribution in [1.29, 1.82) is 0 Å². The third-order valence-corrected chi connectivity index (χ3v) is 18.8. The first-order valence-electron chi connectivity index (χ1n) is 34.5. The van der Waals surface area contributed by atoms with E-state index in [1.54, 1.807) is 0 Å². The molecule has 504 valence electrons. The lowest BCUT2D eigenvalue weighted by atomic mass is 9.96. The molecule has 0 unspecified atom stereocenters. The van der Waals surface area contributed by atoms with Gasteiger partial charge in [-0.2, -0.15) is 0 Å². The summed E-state index contributed by atoms with van der Waals surface area (Å²) >= 11 is 0. The van der Waals surface area contributed by atoms with Crippen LogP contribution in [0, 0.1) is 0 Å². The quantitative estimate of drug-likeness (QED) is 0.0202. The predicted octanol–water partition coefficient (Wildman–Crippen LogP) is 9.58. The lowest BCUT2D eigenvalue weighted by Crippen LogP contribution is -2.31. The highest BCUT2D eigenvalue weighted by Crippen LogP contribution is 2.33. The molecule has 0 radical (unpaired) electrons. The molecule has 6 heterocycles. The van der Waals surface area contributed by atoms with Crippen molar-refractivity contribution < 1.29 is 84.6 Å². The van der Waals surface area contributed by atoms with Gasteiger partial charge in [0, 0.05) is 0 Å². The molecule has 0 saturated carbocycles. The second-order valence-electron chi connectivity index (χ2n) is 26.7. The van der Waals surface area contributed by atoms with Crippen molar-refractivity contribution in [3.8, 4) is 0 Å². The largest absolute Gasteiger partial charge is 0.393 e. The molecule has 6 aliphatic rings. The van der Waals surface area contributed by atoms with E-state index in [0.29, 0.717) is 57.8 Å². The topological polar surface area (TPSA) is 278 Å². The monoisotopic (exact) mass is 1230 g/mol. The van der Waals surface area contributed by atoms with Crippen LogP contribution in [0.25, 0.3) is 0 Å². The molecule has 0 spiro atoms. The van der Waals surface area contributed by atoms with Gasteiger partial charge in [-0.05, 0) is 212 Å².